The molecule has 0 spiro atoms. The van der Waals surface area contributed by atoms with Gasteiger partial charge in [-0.1, -0.05) is 11.6 Å². The molecule has 2 unspecified atom stereocenters. The lowest BCUT2D eigenvalue weighted by molar-refractivity contribution is -0.142. The van der Waals surface area contributed by atoms with E-state index in [9.17, 15) is 9.59 Å². The van der Waals surface area contributed by atoms with Crippen molar-refractivity contribution in [3.05, 3.63) is 12.4 Å². The van der Waals surface area contributed by atoms with E-state index in [1.165, 1.54) is 0 Å². The number of anilines is 1. The molecule has 2 rings (SSSR count). The van der Waals surface area contributed by atoms with Crippen LogP contribution in [0.15, 0.2) is 12.4 Å². The Morgan fingerprint density at radius 1 is 1.40 bits per heavy atom. The maximum absolute atomic E-state index is 12.2. The number of alkyl carbamates (subject to hydrolysis) is 1. The molecular formula is C16H25ClN4O4. The van der Waals surface area contributed by atoms with Crippen LogP contribution < -0.4 is 10.2 Å². The van der Waals surface area contributed by atoms with Gasteiger partial charge >= 0.3 is 12.1 Å². The highest BCUT2D eigenvalue weighted by molar-refractivity contribution is 6.17. The SMILES string of the molecule is Cn1cc(N2C(CNC(=O)OC(C)(C)C)CCC2C(=O)OCCl)cn1. The van der Waals surface area contributed by atoms with Crippen LogP contribution in [0, 0.1) is 0 Å². The average molecular weight is 373 g/mol. The maximum atomic E-state index is 12.2. The van der Waals surface area contributed by atoms with Gasteiger partial charge in [0.05, 0.1) is 11.9 Å². The fourth-order valence-electron chi connectivity index (χ4n) is 2.91. The number of aryl methyl sites for hydroxylation is 1. The molecule has 140 valence electrons. The lowest BCUT2D eigenvalue weighted by Gasteiger charge is -2.30. The highest BCUT2D eigenvalue weighted by atomic mass is 35.5. The van der Waals surface area contributed by atoms with Gasteiger partial charge in [0.2, 0.25) is 0 Å². The predicted molar refractivity (Wildman–Crippen MR) is 93.5 cm³/mol. The second kappa shape index (κ2) is 7.95. The van der Waals surface area contributed by atoms with Crippen LogP contribution in [0.25, 0.3) is 0 Å². The molecule has 0 aromatic carbocycles. The lowest BCUT2D eigenvalue weighted by atomic mass is 10.2. The van der Waals surface area contributed by atoms with Crippen LogP contribution in [0.2, 0.25) is 0 Å². The first kappa shape index (κ1) is 19.4. The van der Waals surface area contributed by atoms with Crippen molar-refractivity contribution in [2.24, 2.45) is 7.05 Å². The highest BCUT2D eigenvalue weighted by Gasteiger charge is 2.39. The van der Waals surface area contributed by atoms with E-state index in [2.05, 4.69) is 10.4 Å². The second-order valence-electron chi connectivity index (χ2n) is 6.98. The first-order valence-electron chi connectivity index (χ1n) is 8.17. The van der Waals surface area contributed by atoms with Crippen molar-refractivity contribution in [1.82, 2.24) is 15.1 Å². The third kappa shape index (κ3) is 5.26. The molecule has 1 amide bonds. The summed E-state index contributed by atoms with van der Waals surface area (Å²) in [5.74, 6) is -0.376. The van der Waals surface area contributed by atoms with Crippen molar-refractivity contribution in [1.29, 1.82) is 0 Å². The number of rotatable bonds is 5. The molecule has 0 aliphatic carbocycles. The Labute approximate surface area is 152 Å². The molecule has 1 saturated heterocycles. The van der Waals surface area contributed by atoms with Gasteiger partial charge in [-0.2, -0.15) is 5.10 Å². The van der Waals surface area contributed by atoms with Crippen molar-refractivity contribution < 1.29 is 19.1 Å². The normalized spacial score (nSPS) is 20.4. The number of nitrogens with zero attached hydrogens (tertiary/aromatic N) is 3. The monoisotopic (exact) mass is 372 g/mol. The van der Waals surface area contributed by atoms with Gasteiger partial charge in [-0.3, -0.25) is 4.68 Å². The maximum Gasteiger partial charge on any atom is 0.407 e. The molecule has 8 nitrogen and oxygen atoms in total. The Morgan fingerprint density at radius 2 is 2.12 bits per heavy atom. The van der Waals surface area contributed by atoms with Crippen molar-refractivity contribution in [2.45, 2.75) is 51.3 Å². The molecule has 1 aromatic rings. The number of nitrogens with one attached hydrogen (secondary N) is 1. The van der Waals surface area contributed by atoms with E-state index in [-0.39, 0.29) is 18.1 Å². The third-order valence-electron chi connectivity index (χ3n) is 3.84. The van der Waals surface area contributed by atoms with Gasteiger partial charge in [0.15, 0.2) is 6.07 Å². The Balaban J connectivity index is 2.08. The number of amides is 1. The summed E-state index contributed by atoms with van der Waals surface area (Å²) in [7, 11) is 1.81. The molecule has 0 radical (unpaired) electrons. The molecule has 0 saturated carbocycles. The van der Waals surface area contributed by atoms with Crippen LogP contribution in [0.5, 0.6) is 0 Å². The topological polar surface area (TPSA) is 85.7 Å². The minimum absolute atomic E-state index is 0.0652. The van der Waals surface area contributed by atoms with E-state index in [1.807, 2.05) is 31.9 Å². The van der Waals surface area contributed by atoms with Crippen LogP contribution >= 0.6 is 11.6 Å². The minimum atomic E-state index is -0.560. The van der Waals surface area contributed by atoms with Crippen LogP contribution in [-0.2, 0) is 21.3 Å². The zero-order valence-electron chi connectivity index (χ0n) is 15.0. The number of hydrogen-bond acceptors (Lipinski definition) is 6. The van der Waals surface area contributed by atoms with E-state index in [1.54, 1.807) is 17.9 Å². The second-order valence-corrected chi connectivity index (χ2v) is 7.20. The number of hydrogen-bond donors (Lipinski definition) is 1. The van der Waals surface area contributed by atoms with Gasteiger partial charge in [-0.05, 0) is 33.6 Å². The summed E-state index contributed by atoms with van der Waals surface area (Å²) in [5.41, 5.74) is 0.239. The molecule has 25 heavy (non-hydrogen) atoms. The number of aromatic nitrogens is 2. The smallest absolute Gasteiger partial charge is 0.407 e. The Morgan fingerprint density at radius 3 is 2.68 bits per heavy atom. The van der Waals surface area contributed by atoms with Crippen molar-refractivity contribution in [3.63, 3.8) is 0 Å². The average Bonchev–Trinajstić information content (AvgIpc) is 3.09. The molecular weight excluding hydrogens is 348 g/mol. The molecule has 1 aromatic heterocycles. The summed E-state index contributed by atoms with van der Waals surface area (Å²) in [4.78, 5) is 26.1. The molecule has 1 fully saturated rings. The third-order valence-corrected chi connectivity index (χ3v) is 3.95. The Hall–Kier alpha value is -1.96. The summed E-state index contributed by atoms with van der Waals surface area (Å²) in [5, 5.41) is 6.93. The van der Waals surface area contributed by atoms with Crippen LogP contribution in [0.3, 0.4) is 0 Å². The summed E-state index contributed by atoms with van der Waals surface area (Å²) >= 11 is 5.52. The quantitative estimate of drug-likeness (QED) is 0.628. The standard InChI is InChI=1S/C16H25ClN4O4/c1-16(2,3)25-15(23)18-7-11-5-6-13(14(22)24-10-17)21(11)12-8-19-20(4)9-12/h8-9,11,13H,5-7,10H2,1-4H3,(H,18,23). The van der Waals surface area contributed by atoms with Crippen molar-refractivity contribution >= 4 is 29.4 Å². The van der Waals surface area contributed by atoms with Gasteiger partial charge in [-0.15, -0.1) is 0 Å². The predicted octanol–water partition coefficient (Wildman–Crippen LogP) is 2.02. The van der Waals surface area contributed by atoms with Gasteiger partial charge in [0, 0.05) is 25.8 Å². The number of alkyl halides is 1. The first-order valence-corrected chi connectivity index (χ1v) is 8.71. The number of carbonyl (C=O) groups excluding carboxylic acids is 2. The molecule has 1 aliphatic heterocycles. The molecule has 1 aliphatic rings. The van der Waals surface area contributed by atoms with Crippen LogP contribution in [0.4, 0.5) is 10.5 Å². The number of esters is 1. The fraction of sp³-hybridized carbons (Fsp3) is 0.688. The number of halogens is 1. The molecule has 9 heteroatoms. The number of ether oxygens (including phenoxy) is 2. The van der Waals surface area contributed by atoms with Gasteiger partial charge in [-0.25, -0.2) is 9.59 Å². The highest BCUT2D eigenvalue weighted by Crippen LogP contribution is 2.31. The molecule has 2 atom stereocenters. The molecule has 0 bridgehead atoms. The molecule has 2 heterocycles. The molecule has 1 N–H and O–H groups in total. The van der Waals surface area contributed by atoms with E-state index < -0.39 is 17.7 Å². The van der Waals surface area contributed by atoms with E-state index in [4.69, 9.17) is 21.1 Å². The minimum Gasteiger partial charge on any atom is -0.448 e. The van der Waals surface area contributed by atoms with Crippen LogP contribution in [-0.4, -0.2) is 52.1 Å². The largest absolute Gasteiger partial charge is 0.448 e. The summed E-state index contributed by atoms with van der Waals surface area (Å²) in [6.07, 6.45) is 4.38. The van der Waals surface area contributed by atoms with E-state index in [0.717, 1.165) is 12.1 Å². The van der Waals surface area contributed by atoms with E-state index >= 15 is 0 Å². The lowest BCUT2D eigenvalue weighted by Crippen LogP contribution is -2.47. The number of carbonyl (C=O) groups is 2. The summed E-state index contributed by atoms with van der Waals surface area (Å²) in [6.45, 7) is 5.78. The zero-order chi connectivity index (χ0) is 18.6. The Kier molecular flexibility index (Phi) is 6.16. The zero-order valence-corrected chi connectivity index (χ0v) is 15.7. The van der Waals surface area contributed by atoms with Gasteiger partial charge in [0.1, 0.15) is 11.6 Å². The van der Waals surface area contributed by atoms with Gasteiger partial charge < -0.3 is 19.7 Å². The van der Waals surface area contributed by atoms with E-state index in [0.29, 0.717) is 13.0 Å². The fourth-order valence-corrected chi connectivity index (χ4v) is 3.02. The van der Waals surface area contributed by atoms with Gasteiger partial charge in [0.25, 0.3) is 0 Å². The summed E-state index contributed by atoms with van der Waals surface area (Å²) in [6, 6.07) is -0.699. The van der Waals surface area contributed by atoms with Crippen molar-refractivity contribution in [2.75, 3.05) is 17.5 Å². The first-order chi connectivity index (χ1) is 11.7. The summed E-state index contributed by atoms with van der Waals surface area (Å²) < 4.78 is 11.9. The van der Waals surface area contributed by atoms with Crippen molar-refractivity contribution in [3.8, 4) is 0 Å². The van der Waals surface area contributed by atoms with Crippen LogP contribution in [0.1, 0.15) is 33.6 Å². The Bertz CT molecular complexity index is 614.